The summed E-state index contributed by atoms with van der Waals surface area (Å²) in [7, 11) is 0. The van der Waals surface area contributed by atoms with Gasteiger partial charge in [-0.25, -0.2) is 9.59 Å². The minimum atomic E-state index is -0.372. The molecule has 1 N–H and O–H groups in total. The van der Waals surface area contributed by atoms with Crippen molar-refractivity contribution in [2.75, 3.05) is 13.2 Å². The third-order valence-corrected chi connectivity index (χ3v) is 3.47. The van der Waals surface area contributed by atoms with Crippen molar-refractivity contribution >= 4 is 11.9 Å². The molecule has 0 aromatic heterocycles. The fourth-order valence-corrected chi connectivity index (χ4v) is 2.45. The molecule has 0 radical (unpaired) electrons. The van der Waals surface area contributed by atoms with Crippen LogP contribution in [-0.2, 0) is 19.1 Å². The van der Waals surface area contributed by atoms with Gasteiger partial charge >= 0.3 is 11.9 Å². The Morgan fingerprint density at radius 3 is 1.55 bits per heavy atom. The molecule has 22 heavy (non-hydrogen) atoms. The summed E-state index contributed by atoms with van der Waals surface area (Å²) in [5.41, 5.74) is 2.69. The Morgan fingerprint density at radius 1 is 0.909 bits per heavy atom. The molecule has 5 heteroatoms. The lowest BCUT2D eigenvalue weighted by molar-refractivity contribution is -0.139. The van der Waals surface area contributed by atoms with Crippen LogP contribution in [0.5, 0.6) is 0 Å². The van der Waals surface area contributed by atoms with E-state index in [1.165, 1.54) is 0 Å². The van der Waals surface area contributed by atoms with Crippen molar-refractivity contribution in [2.24, 2.45) is 11.8 Å². The van der Waals surface area contributed by atoms with Gasteiger partial charge in [0, 0.05) is 17.8 Å². The summed E-state index contributed by atoms with van der Waals surface area (Å²) in [6.45, 7) is 12.2. The number of hydrogen-bond acceptors (Lipinski definition) is 5. The van der Waals surface area contributed by atoms with Gasteiger partial charge in [-0.2, -0.15) is 0 Å². The number of allylic oxidation sites excluding steroid dienone is 2. The highest BCUT2D eigenvalue weighted by Crippen LogP contribution is 2.31. The molecule has 0 atom stereocenters. The molecule has 0 aromatic rings. The molecular weight excluding hydrogens is 282 g/mol. The topological polar surface area (TPSA) is 64.6 Å². The molecule has 0 spiro atoms. The first kappa shape index (κ1) is 18.3. The zero-order valence-electron chi connectivity index (χ0n) is 14.4. The molecule has 0 amide bonds. The minimum Gasteiger partial charge on any atom is -0.463 e. The first-order valence-electron chi connectivity index (χ1n) is 7.90. The highest BCUT2D eigenvalue weighted by Gasteiger charge is 2.31. The SMILES string of the molecule is CCOC(=O)C1=C(C(C)C)NC(C(C)C)=C(C(=O)OCC)C1. The minimum absolute atomic E-state index is 0.136. The Kier molecular flexibility index (Phi) is 6.65. The lowest BCUT2D eigenvalue weighted by atomic mass is 9.89. The number of esters is 2. The van der Waals surface area contributed by atoms with Crippen LogP contribution in [0.25, 0.3) is 0 Å². The third-order valence-electron chi connectivity index (χ3n) is 3.47. The van der Waals surface area contributed by atoms with Gasteiger partial charge in [-0.3, -0.25) is 0 Å². The lowest BCUT2D eigenvalue weighted by Crippen LogP contribution is -2.33. The van der Waals surface area contributed by atoms with E-state index < -0.39 is 0 Å². The summed E-state index contributed by atoms with van der Waals surface area (Å²) in [5.74, 6) is -0.472. The van der Waals surface area contributed by atoms with E-state index in [4.69, 9.17) is 9.47 Å². The number of nitrogens with one attached hydrogen (secondary N) is 1. The van der Waals surface area contributed by atoms with E-state index in [1.807, 2.05) is 27.7 Å². The quantitative estimate of drug-likeness (QED) is 0.764. The van der Waals surface area contributed by atoms with Crippen LogP contribution >= 0.6 is 0 Å². The maximum absolute atomic E-state index is 12.2. The van der Waals surface area contributed by atoms with Crippen LogP contribution in [0, 0.1) is 11.8 Å². The monoisotopic (exact) mass is 309 g/mol. The van der Waals surface area contributed by atoms with Gasteiger partial charge in [-0.1, -0.05) is 27.7 Å². The van der Waals surface area contributed by atoms with Crippen LogP contribution in [0.4, 0.5) is 0 Å². The molecule has 5 nitrogen and oxygen atoms in total. The maximum atomic E-state index is 12.2. The molecule has 0 saturated carbocycles. The van der Waals surface area contributed by atoms with E-state index in [0.717, 1.165) is 11.4 Å². The van der Waals surface area contributed by atoms with E-state index in [-0.39, 0.29) is 30.2 Å². The number of hydrogen-bond donors (Lipinski definition) is 1. The molecule has 1 aliphatic heterocycles. The molecule has 124 valence electrons. The molecule has 1 heterocycles. The van der Waals surface area contributed by atoms with Gasteiger partial charge in [-0.15, -0.1) is 0 Å². The maximum Gasteiger partial charge on any atom is 0.336 e. The highest BCUT2D eigenvalue weighted by atomic mass is 16.5. The van der Waals surface area contributed by atoms with Crippen LogP contribution in [0.2, 0.25) is 0 Å². The molecule has 0 saturated heterocycles. The van der Waals surface area contributed by atoms with Gasteiger partial charge in [-0.05, 0) is 25.7 Å². The Bertz CT molecular complexity index is 457. The smallest absolute Gasteiger partial charge is 0.336 e. The molecule has 0 aromatic carbocycles. The molecule has 1 rings (SSSR count). The Hall–Kier alpha value is -1.78. The van der Waals surface area contributed by atoms with Crippen LogP contribution in [0.3, 0.4) is 0 Å². The van der Waals surface area contributed by atoms with E-state index in [2.05, 4.69) is 5.32 Å². The van der Waals surface area contributed by atoms with Gasteiger partial charge in [0.1, 0.15) is 0 Å². The fraction of sp³-hybridized carbons (Fsp3) is 0.647. The van der Waals surface area contributed by atoms with Crippen molar-refractivity contribution in [2.45, 2.75) is 48.0 Å². The Morgan fingerprint density at radius 2 is 1.27 bits per heavy atom. The normalized spacial score (nSPS) is 15.3. The van der Waals surface area contributed by atoms with E-state index in [0.29, 0.717) is 24.4 Å². The second-order valence-electron chi connectivity index (χ2n) is 5.84. The van der Waals surface area contributed by atoms with Gasteiger partial charge < -0.3 is 14.8 Å². The number of dihydropyridines is 1. The number of carbonyl (C=O) groups is 2. The van der Waals surface area contributed by atoms with Gasteiger partial charge in [0.05, 0.1) is 24.4 Å². The summed E-state index contributed by atoms with van der Waals surface area (Å²) < 4.78 is 10.3. The summed E-state index contributed by atoms with van der Waals surface area (Å²) in [5, 5.41) is 3.29. The highest BCUT2D eigenvalue weighted by molar-refractivity contribution is 5.96. The predicted octanol–water partition coefficient (Wildman–Crippen LogP) is 2.93. The molecule has 0 aliphatic carbocycles. The van der Waals surface area contributed by atoms with Crippen molar-refractivity contribution in [3.05, 3.63) is 22.5 Å². The van der Waals surface area contributed by atoms with Crippen molar-refractivity contribution < 1.29 is 19.1 Å². The summed E-state index contributed by atoms with van der Waals surface area (Å²) >= 11 is 0. The van der Waals surface area contributed by atoms with Crippen LogP contribution in [-0.4, -0.2) is 25.2 Å². The van der Waals surface area contributed by atoms with E-state index >= 15 is 0 Å². The van der Waals surface area contributed by atoms with E-state index in [1.54, 1.807) is 13.8 Å². The van der Waals surface area contributed by atoms with Gasteiger partial charge in [0.2, 0.25) is 0 Å². The van der Waals surface area contributed by atoms with Crippen molar-refractivity contribution in [3.8, 4) is 0 Å². The van der Waals surface area contributed by atoms with Crippen molar-refractivity contribution in [1.29, 1.82) is 0 Å². The van der Waals surface area contributed by atoms with Crippen molar-refractivity contribution in [3.63, 3.8) is 0 Å². The molecule has 0 bridgehead atoms. The second-order valence-corrected chi connectivity index (χ2v) is 5.84. The molecular formula is C17H27NO4. The second kappa shape index (κ2) is 8.01. The predicted molar refractivity (Wildman–Crippen MR) is 84.7 cm³/mol. The summed E-state index contributed by atoms with van der Waals surface area (Å²) in [6.07, 6.45) is 0.256. The average molecular weight is 309 g/mol. The van der Waals surface area contributed by atoms with Gasteiger partial charge in [0.25, 0.3) is 0 Å². The summed E-state index contributed by atoms with van der Waals surface area (Å²) in [4.78, 5) is 24.4. The molecule has 1 aliphatic rings. The zero-order chi connectivity index (χ0) is 16.9. The third kappa shape index (κ3) is 4.12. The molecule has 0 fully saturated rings. The first-order chi connectivity index (χ1) is 10.3. The number of ether oxygens (including phenoxy) is 2. The Labute approximate surface area is 132 Å². The number of rotatable bonds is 6. The van der Waals surface area contributed by atoms with Crippen LogP contribution in [0.1, 0.15) is 48.0 Å². The summed E-state index contributed by atoms with van der Waals surface area (Å²) in [6, 6.07) is 0. The largest absolute Gasteiger partial charge is 0.463 e. The van der Waals surface area contributed by atoms with Gasteiger partial charge in [0.15, 0.2) is 0 Å². The van der Waals surface area contributed by atoms with E-state index in [9.17, 15) is 9.59 Å². The zero-order valence-corrected chi connectivity index (χ0v) is 14.4. The van der Waals surface area contributed by atoms with Crippen LogP contribution < -0.4 is 5.32 Å². The lowest BCUT2D eigenvalue weighted by Gasteiger charge is -2.29. The standard InChI is InChI=1S/C17H27NO4/c1-7-21-16(19)12-9-13(17(20)22-8-2)15(11(5)6)18-14(12)10(3)4/h10-11,18H,7-9H2,1-6H3. The molecule has 0 unspecified atom stereocenters. The average Bonchev–Trinajstić information content (AvgIpc) is 2.46. The Balaban J connectivity index is 3.24. The van der Waals surface area contributed by atoms with Crippen LogP contribution in [0.15, 0.2) is 22.5 Å². The van der Waals surface area contributed by atoms with Crippen molar-refractivity contribution in [1.82, 2.24) is 5.32 Å². The number of carbonyl (C=O) groups excluding carboxylic acids is 2. The fourth-order valence-electron chi connectivity index (χ4n) is 2.45. The first-order valence-corrected chi connectivity index (χ1v) is 7.90.